The third-order valence-corrected chi connectivity index (χ3v) is 5.64. The normalized spacial score (nSPS) is 10.6. The SMILES string of the molecule is COc1cc(Oc2ccc(NC(=O)c3n[nH]c4ccc(-c5cncc(NC(=O)N(C)C)c5)cc34)cn2)ccn1. The van der Waals surface area contributed by atoms with E-state index in [-0.39, 0.29) is 11.7 Å². The Balaban J connectivity index is 1.32. The smallest absolute Gasteiger partial charge is 0.321 e. The average molecular weight is 525 g/mol. The summed E-state index contributed by atoms with van der Waals surface area (Å²) in [6.45, 7) is 0. The molecule has 0 unspecified atom stereocenters. The van der Waals surface area contributed by atoms with E-state index < -0.39 is 5.91 Å². The molecule has 4 heterocycles. The predicted octanol–water partition coefficient (Wildman–Crippen LogP) is 4.56. The highest BCUT2D eigenvalue weighted by Gasteiger charge is 2.16. The Bertz CT molecular complexity index is 1650. The molecule has 0 radical (unpaired) electrons. The summed E-state index contributed by atoms with van der Waals surface area (Å²) in [5.41, 5.74) is 3.53. The number of aromatic nitrogens is 5. The van der Waals surface area contributed by atoms with Crippen molar-refractivity contribution in [1.29, 1.82) is 0 Å². The van der Waals surface area contributed by atoms with Crippen LogP contribution in [-0.2, 0) is 0 Å². The largest absolute Gasteiger partial charge is 0.481 e. The molecule has 0 spiro atoms. The topological polar surface area (TPSA) is 147 Å². The maximum atomic E-state index is 13.1. The maximum Gasteiger partial charge on any atom is 0.321 e. The van der Waals surface area contributed by atoms with Gasteiger partial charge in [-0.1, -0.05) is 6.07 Å². The van der Waals surface area contributed by atoms with Gasteiger partial charge in [0.25, 0.3) is 5.91 Å². The van der Waals surface area contributed by atoms with Crippen LogP contribution in [0, 0.1) is 0 Å². The van der Waals surface area contributed by atoms with Gasteiger partial charge in [-0.25, -0.2) is 14.8 Å². The number of urea groups is 1. The number of amides is 3. The number of methoxy groups -OCH3 is 1. The van der Waals surface area contributed by atoms with Gasteiger partial charge in [0.15, 0.2) is 5.69 Å². The molecule has 5 aromatic rings. The van der Waals surface area contributed by atoms with Crippen LogP contribution in [0.4, 0.5) is 16.2 Å². The van der Waals surface area contributed by atoms with E-state index in [1.807, 2.05) is 24.3 Å². The summed E-state index contributed by atoms with van der Waals surface area (Å²) in [6, 6.07) is 13.8. The number of carbonyl (C=O) groups is 2. The summed E-state index contributed by atoms with van der Waals surface area (Å²) in [4.78, 5) is 39.0. The van der Waals surface area contributed by atoms with Crippen LogP contribution in [0.15, 0.2) is 73.3 Å². The van der Waals surface area contributed by atoms with Gasteiger partial charge in [0.05, 0.1) is 36.4 Å². The molecule has 3 N–H and O–H groups in total. The van der Waals surface area contributed by atoms with Gasteiger partial charge in [-0.05, 0) is 35.9 Å². The molecule has 0 aliphatic carbocycles. The molecule has 3 amide bonds. The van der Waals surface area contributed by atoms with Gasteiger partial charge in [-0.2, -0.15) is 5.10 Å². The van der Waals surface area contributed by atoms with Crippen molar-refractivity contribution in [1.82, 2.24) is 30.0 Å². The first-order chi connectivity index (χ1) is 18.9. The summed E-state index contributed by atoms with van der Waals surface area (Å²) in [5.74, 6) is 0.878. The number of ether oxygens (including phenoxy) is 2. The van der Waals surface area contributed by atoms with Gasteiger partial charge in [0.1, 0.15) is 5.75 Å². The fraction of sp³-hybridized carbons (Fsp3) is 0.111. The van der Waals surface area contributed by atoms with Crippen LogP contribution in [0.3, 0.4) is 0 Å². The van der Waals surface area contributed by atoms with Crippen LogP contribution in [0.1, 0.15) is 10.5 Å². The number of hydrogen-bond acceptors (Lipinski definition) is 8. The molecule has 0 saturated heterocycles. The number of rotatable bonds is 7. The Kier molecular flexibility index (Phi) is 6.99. The van der Waals surface area contributed by atoms with Crippen LogP contribution in [0.2, 0.25) is 0 Å². The van der Waals surface area contributed by atoms with Gasteiger partial charge in [-0.15, -0.1) is 0 Å². The lowest BCUT2D eigenvalue weighted by Gasteiger charge is -2.12. The van der Waals surface area contributed by atoms with Crippen molar-refractivity contribution in [3.05, 3.63) is 79.0 Å². The highest BCUT2D eigenvalue weighted by atomic mass is 16.5. The van der Waals surface area contributed by atoms with Crippen LogP contribution >= 0.6 is 0 Å². The summed E-state index contributed by atoms with van der Waals surface area (Å²) in [7, 11) is 4.84. The average Bonchev–Trinajstić information content (AvgIpc) is 3.38. The van der Waals surface area contributed by atoms with E-state index in [0.717, 1.165) is 11.1 Å². The first-order valence-electron chi connectivity index (χ1n) is 11.8. The molecular formula is C27H24N8O4. The van der Waals surface area contributed by atoms with Crippen molar-refractivity contribution in [2.75, 3.05) is 31.8 Å². The second-order valence-corrected chi connectivity index (χ2v) is 8.59. The lowest BCUT2D eigenvalue weighted by atomic mass is 10.0. The van der Waals surface area contributed by atoms with Crippen LogP contribution < -0.4 is 20.1 Å². The van der Waals surface area contributed by atoms with E-state index in [9.17, 15) is 9.59 Å². The van der Waals surface area contributed by atoms with Gasteiger partial charge in [0.2, 0.25) is 11.8 Å². The van der Waals surface area contributed by atoms with E-state index in [4.69, 9.17) is 9.47 Å². The number of carbonyl (C=O) groups excluding carboxylic acids is 2. The molecule has 39 heavy (non-hydrogen) atoms. The number of nitrogens with zero attached hydrogens (tertiary/aromatic N) is 5. The number of H-pyrrole nitrogens is 1. The van der Waals surface area contributed by atoms with Crippen molar-refractivity contribution < 1.29 is 19.1 Å². The number of hydrogen-bond donors (Lipinski definition) is 3. The second-order valence-electron chi connectivity index (χ2n) is 8.59. The number of pyridine rings is 3. The Morgan fingerprint density at radius 1 is 0.872 bits per heavy atom. The quantitative estimate of drug-likeness (QED) is 0.281. The summed E-state index contributed by atoms with van der Waals surface area (Å²) in [5, 5.41) is 13.3. The van der Waals surface area contributed by atoms with Crippen LogP contribution in [0.5, 0.6) is 17.5 Å². The van der Waals surface area contributed by atoms with E-state index in [2.05, 4.69) is 35.8 Å². The Morgan fingerprint density at radius 3 is 2.51 bits per heavy atom. The van der Waals surface area contributed by atoms with E-state index in [0.29, 0.717) is 39.8 Å². The molecule has 0 fully saturated rings. The van der Waals surface area contributed by atoms with E-state index in [1.54, 1.807) is 57.0 Å². The number of anilines is 2. The zero-order valence-electron chi connectivity index (χ0n) is 21.3. The zero-order valence-corrected chi connectivity index (χ0v) is 21.3. The minimum absolute atomic E-state index is 0.223. The Morgan fingerprint density at radius 2 is 1.74 bits per heavy atom. The lowest BCUT2D eigenvalue weighted by molar-refractivity contribution is 0.102. The minimum atomic E-state index is -0.405. The molecule has 12 heteroatoms. The summed E-state index contributed by atoms with van der Waals surface area (Å²) >= 11 is 0. The van der Waals surface area contributed by atoms with Gasteiger partial charge < -0.3 is 25.0 Å². The van der Waals surface area contributed by atoms with Crippen LogP contribution in [0.25, 0.3) is 22.0 Å². The molecule has 0 saturated carbocycles. The fourth-order valence-electron chi connectivity index (χ4n) is 3.66. The highest BCUT2D eigenvalue weighted by molar-refractivity contribution is 6.11. The predicted molar refractivity (Wildman–Crippen MR) is 145 cm³/mol. The van der Waals surface area contributed by atoms with E-state index >= 15 is 0 Å². The first kappa shape index (κ1) is 25.1. The molecule has 5 rings (SSSR count). The van der Waals surface area contributed by atoms with Crippen LogP contribution in [-0.4, -0.2) is 63.2 Å². The molecule has 0 bridgehead atoms. The van der Waals surface area contributed by atoms with Crippen molar-refractivity contribution in [3.8, 4) is 28.6 Å². The monoisotopic (exact) mass is 524 g/mol. The fourth-order valence-corrected chi connectivity index (χ4v) is 3.66. The number of nitrogens with one attached hydrogen (secondary N) is 3. The number of aromatic amines is 1. The van der Waals surface area contributed by atoms with Crippen molar-refractivity contribution in [2.24, 2.45) is 0 Å². The van der Waals surface area contributed by atoms with Gasteiger partial charge >= 0.3 is 6.03 Å². The van der Waals surface area contributed by atoms with Crippen molar-refractivity contribution in [2.45, 2.75) is 0 Å². The standard InChI is InChI=1S/C27H24N8O4/c1-35(2)27(37)32-19-10-17(13-28-14-19)16-4-6-22-21(11-16)25(34-33-22)26(36)31-18-5-7-23(30-15-18)39-20-8-9-29-24(12-20)38-3/h4-15H,1-3H3,(H,31,36)(H,32,37)(H,33,34). The zero-order chi connectivity index (χ0) is 27.4. The number of benzene rings is 1. The molecule has 196 valence electrons. The molecule has 12 nitrogen and oxygen atoms in total. The molecule has 0 aliphatic heterocycles. The van der Waals surface area contributed by atoms with Gasteiger partial charge in [0, 0.05) is 49.6 Å². The van der Waals surface area contributed by atoms with Crippen molar-refractivity contribution >= 4 is 34.2 Å². The highest BCUT2D eigenvalue weighted by Crippen LogP contribution is 2.28. The first-order valence-corrected chi connectivity index (χ1v) is 11.8. The second kappa shape index (κ2) is 10.8. The Hall–Kier alpha value is -5.52. The van der Waals surface area contributed by atoms with Gasteiger partial charge in [-0.3, -0.25) is 14.9 Å². The lowest BCUT2D eigenvalue weighted by Crippen LogP contribution is -2.27. The summed E-state index contributed by atoms with van der Waals surface area (Å²) < 4.78 is 10.8. The number of fused-ring (bicyclic) bond motifs is 1. The third kappa shape index (κ3) is 5.74. The summed E-state index contributed by atoms with van der Waals surface area (Å²) in [6.07, 6.45) is 6.31. The molecular weight excluding hydrogens is 500 g/mol. The molecule has 1 aromatic carbocycles. The Labute approximate surface area is 223 Å². The van der Waals surface area contributed by atoms with E-state index in [1.165, 1.54) is 18.2 Å². The molecule has 4 aromatic heterocycles. The van der Waals surface area contributed by atoms with Crippen molar-refractivity contribution in [3.63, 3.8) is 0 Å². The maximum absolute atomic E-state index is 13.1. The molecule has 0 aliphatic rings. The minimum Gasteiger partial charge on any atom is -0.481 e. The third-order valence-electron chi connectivity index (χ3n) is 5.64. The molecule has 0 atom stereocenters.